The quantitative estimate of drug-likeness (QED) is 0.483. The molecule has 0 unspecified atom stereocenters. The van der Waals surface area contributed by atoms with Crippen molar-refractivity contribution in [3.63, 3.8) is 0 Å². The fourth-order valence-electron chi connectivity index (χ4n) is 0.286. The first-order valence-electron chi connectivity index (χ1n) is 2.88. The molecule has 0 aromatic carbocycles. The van der Waals surface area contributed by atoms with Crippen LogP contribution in [0.1, 0.15) is 6.92 Å². The topological polar surface area (TPSA) is 64.6 Å². The summed E-state index contributed by atoms with van der Waals surface area (Å²) in [5.41, 5.74) is 0. The van der Waals surface area contributed by atoms with Gasteiger partial charge in [-0.1, -0.05) is 0 Å². The lowest BCUT2D eigenvalue weighted by Crippen LogP contribution is -2.19. The second-order valence-corrected chi connectivity index (χ2v) is 2.12. The maximum Gasteiger partial charge on any atom is 0.417 e. The van der Waals surface area contributed by atoms with Gasteiger partial charge in [0.1, 0.15) is 0 Å². The summed E-state index contributed by atoms with van der Waals surface area (Å²) in [5.74, 6) is 0. The van der Waals surface area contributed by atoms with Crippen LogP contribution in [-0.2, 0) is 9.47 Å². The zero-order valence-corrected chi connectivity index (χ0v) is 7.06. The molecule has 0 rings (SSSR count). The molecule has 64 valence electrons. The van der Waals surface area contributed by atoms with Crippen molar-refractivity contribution in [3.8, 4) is 0 Å². The van der Waals surface area contributed by atoms with E-state index in [0.717, 1.165) is 0 Å². The van der Waals surface area contributed by atoms with Gasteiger partial charge in [0, 0.05) is 0 Å². The van der Waals surface area contributed by atoms with Gasteiger partial charge in [0.15, 0.2) is 0 Å². The number of hydrogen-bond acceptors (Lipinski definition) is 5. The molecule has 5 nitrogen and oxygen atoms in total. The predicted octanol–water partition coefficient (Wildman–Crippen LogP) is 1.15. The van der Waals surface area contributed by atoms with Gasteiger partial charge in [0.2, 0.25) is 0 Å². The molecule has 0 aliphatic carbocycles. The summed E-state index contributed by atoms with van der Waals surface area (Å²) in [6, 6.07) is 0. The minimum atomic E-state index is -0.650. The fourth-order valence-corrected chi connectivity index (χ4v) is 0.594. The van der Waals surface area contributed by atoms with Gasteiger partial charge in [-0.15, -0.1) is 0 Å². The molecule has 0 aromatic rings. The lowest BCUT2D eigenvalue weighted by molar-refractivity contribution is 0.159. The van der Waals surface area contributed by atoms with Crippen molar-refractivity contribution in [1.82, 2.24) is 4.72 Å². The Kier molecular flexibility index (Phi) is 5.36. The first-order chi connectivity index (χ1) is 5.20. The highest BCUT2D eigenvalue weighted by Gasteiger charge is 2.05. The van der Waals surface area contributed by atoms with E-state index < -0.39 is 11.4 Å². The molecule has 1 N–H and O–H groups in total. The molecule has 0 saturated heterocycles. The number of rotatable bonds is 1. The Hall–Kier alpha value is -0.910. The monoisotopic (exact) mass is 179 g/mol. The predicted molar refractivity (Wildman–Crippen MR) is 40.2 cm³/mol. The number of nitrogens with one attached hydrogen (secondary N) is 1. The van der Waals surface area contributed by atoms with E-state index in [-0.39, 0.29) is 6.61 Å². The van der Waals surface area contributed by atoms with E-state index in [1.807, 2.05) is 0 Å². The molecule has 0 saturated carbocycles. The zero-order chi connectivity index (χ0) is 8.69. The van der Waals surface area contributed by atoms with Crippen molar-refractivity contribution in [3.05, 3.63) is 0 Å². The number of carbonyl (C=O) groups excluding carboxylic acids is 2. The van der Waals surface area contributed by atoms with E-state index in [2.05, 4.69) is 14.2 Å². The van der Waals surface area contributed by atoms with E-state index in [4.69, 9.17) is 0 Å². The molecular formula is C5H9NO4S. The molecule has 1 amide bonds. The van der Waals surface area contributed by atoms with Gasteiger partial charge in [-0.25, -0.2) is 9.59 Å². The summed E-state index contributed by atoms with van der Waals surface area (Å²) < 4.78 is 10.8. The van der Waals surface area contributed by atoms with Gasteiger partial charge >= 0.3 is 11.4 Å². The van der Waals surface area contributed by atoms with Crippen LogP contribution in [0.15, 0.2) is 0 Å². The van der Waals surface area contributed by atoms with Gasteiger partial charge in [-0.3, -0.25) is 4.72 Å². The van der Waals surface area contributed by atoms with Crippen LogP contribution in [0.25, 0.3) is 0 Å². The van der Waals surface area contributed by atoms with Gasteiger partial charge in [0.05, 0.1) is 25.7 Å². The van der Waals surface area contributed by atoms with Gasteiger partial charge in [-0.05, 0) is 6.92 Å². The van der Waals surface area contributed by atoms with E-state index in [1.54, 1.807) is 6.92 Å². The third-order valence-electron chi connectivity index (χ3n) is 0.660. The maximum atomic E-state index is 10.5. The molecule has 0 radical (unpaired) electrons. The fraction of sp³-hybridized carbons (Fsp3) is 0.600. The summed E-state index contributed by atoms with van der Waals surface area (Å²) in [6.45, 7) is 1.94. The van der Waals surface area contributed by atoms with Crippen molar-refractivity contribution in [2.24, 2.45) is 0 Å². The highest BCUT2D eigenvalue weighted by molar-refractivity contribution is 8.12. The van der Waals surface area contributed by atoms with E-state index in [1.165, 1.54) is 7.11 Å². The highest BCUT2D eigenvalue weighted by Crippen LogP contribution is 1.98. The highest BCUT2D eigenvalue weighted by atomic mass is 32.2. The first kappa shape index (κ1) is 10.1. The Morgan fingerprint density at radius 2 is 2.18 bits per heavy atom. The molecule has 0 heterocycles. The Morgan fingerprint density at radius 3 is 2.64 bits per heavy atom. The van der Waals surface area contributed by atoms with Crippen molar-refractivity contribution in [2.75, 3.05) is 13.7 Å². The minimum Gasteiger partial charge on any atom is -0.460 e. The van der Waals surface area contributed by atoms with Crippen molar-refractivity contribution >= 4 is 23.3 Å². The molecule has 0 bridgehead atoms. The summed E-state index contributed by atoms with van der Waals surface area (Å²) >= 11 is 0.539. The lowest BCUT2D eigenvalue weighted by atomic mass is 10.9. The number of amides is 1. The van der Waals surface area contributed by atoms with Crippen molar-refractivity contribution in [1.29, 1.82) is 0 Å². The summed E-state index contributed by atoms with van der Waals surface area (Å²) in [5, 5.41) is -0.585. The molecular weight excluding hydrogens is 170 g/mol. The average molecular weight is 179 g/mol. The number of methoxy groups -OCH3 is 1. The van der Waals surface area contributed by atoms with Crippen LogP contribution in [-0.4, -0.2) is 25.1 Å². The van der Waals surface area contributed by atoms with Crippen LogP contribution in [0.2, 0.25) is 0 Å². The first-order valence-corrected chi connectivity index (χ1v) is 3.70. The molecule has 11 heavy (non-hydrogen) atoms. The normalized spacial score (nSPS) is 8.55. The zero-order valence-electron chi connectivity index (χ0n) is 6.25. The smallest absolute Gasteiger partial charge is 0.417 e. The summed E-state index contributed by atoms with van der Waals surface area (Å²) in [7, 11) is 1.22. The lowest BCUT2D eigenvalue weighted by Gasteiger charge is -2.01. The Labute approximate surface area is 68.6 Å². The largest absolute Gasteiger partial charge is 0.460 e. The van der Waals surface area contributed by atoms with Gasteiger partial charge in [0.25, 0.3) is 0 Å². The van der Waals surface area contributed by atoms with Crippen LogP contribution >= 0.6 is 11.9 Å². The second-order valence-electron chi connectivity index (χ2n) is 1.38. The Morgan fingerprint density at radius 1 is 1.55 bits per heavy atom. The van der Waals surface area contributed by atoms with E-state index in [0.29, 0.717) is 11.9 Å². The SMILES string of the molecule is CCOC(=O)NSC(=O)OC. The maximum absolute atomic E-state index is 10.5. The molecule has 6 heteroatoms. The minimum absolute atomic E-state index is 0.271. The third-order valence-corrected chi connectivity index (χ3v) is 1.26. The van der Waals surface area contributed by atoms with Crippen LogP contribution in [0.3, 0.4) is 0 Å². The van der Waals surface area contributed by atoms with Crippen molar-refractivity contribution in [2.45, 2.75) is 6.92 Å². The van der Waals surface area contributed by atoms with E-state index >= 15 is 0 Å². The van der Waals surface area contributed by atoms with Crippen LogP contribution < -0.4 is 4.72 Å². The molecule has 0 atom stereocenters. The Balaban J connectivity index is 3.38. The number of ether oxygens (including phenoxy) is 2. The standard InChI is InChI=1S/C5H9NO4S/c1-3-10-4(7)6-11-5(8)9-2/h3H2,1-2H3,(H,6,7). The van der Waals surface area contributed by atoms with Gasteiger partial charge < -0.3 is 9.47 Å². The van der Waals surface area contributed by atoms with Crippen molar-refractivity contribution < 1.29 is 19.1 Å². The van der Waals surface area contributed by atoms with E-state index in [9.17, 15) is 9.59 Å². The van der Waals surface area contributed by atoms with Crippen LogP contribution in [0, 0.1) is 0 Å². The molecule has 0 aliphatic heterocycles. The molecule has 0 fully saturated rings. The van der Waals surface area contributed by atoms with Gasteiger partial charge in [-0.2, -0.15) is 0 Å². The molecule has 0 aliphatic rings. The molecule has 0 aromatic heterocycles. The van der Waals surface area contributed by atoms with Crippen LogP contribution in [0.4, 0.5) is 9.59 Å². The Bertz CT molecular complexity index is 149. The second kappa shape index (κ2) is 5.84. The average Bonchev–Trinajstić information content (AvgIpc) is 2.01. The number of hydrogen-bond donors (Lipinski definition) is 1. The van der Waals surface area contributed by atoms with Crippen LogP contribution in [0.5, 0.6) is 0 Å². The third kappa shape index (κ3) is 5.53. The number of carbonyl (C=O) groups is 2. The molecule has 0 spiro atoms. The summed E-state index contributed by atoms with van der Waals surface area (Å²) in [4.78, 5) is 20.9. The summed E-state index contributed by atoms with van der Waals surface area (Å²) in [6.07, 6.45) is -0.650.